The lowest BCUT2D eigenvalue weighted by Crippen LogP contribution is -2.31. The molecular weight excluding hydrogens is 222 g/mol. The Morgan fingerprint density at radius 3 is 3.00 bits per heavy atom. The van der Waals surface area contributed by atoms with Gasteiger partial charge in [0.15, 0.2) is 0 Å². The number of rotatable bonds is 3. The predicted molar refractivity (Wildman–Crippen MR) is 62.6 cm³/mol. The highest BCUT2D eigenvalue weighted by Crippen LogP contribution is 2.28. The number of nitrogens with two attached hydrogens (primary N) is 1. The first-order valence-electron chi connectivity index (χ1n) is 5.34. The maximum atomic E-state index is 10.4. The molecule has 0 aromatic heterocycles. The Bertz CT molecular complexity index is 459. The van der Waals surface area contributed by atoms with E-state index in [0.29, 0.717) is 18.7 Å². The van der Waals surface area contributed by atoms with E-state index in [1.54, 1.807) is 0 Å². The molecule has 0 saturated heterocycles. The highest BCUT2D eigenvalue weighted by molar-refractivity contribution is 6.05. The molecule has 6 nitrogen and oxygen atoms in total. The first-order valence-corrected chi connectivity index (χ1v) is 5.34. The van der Waals surface area contributed by atoms with E-state index in [9.17, 15) is 10.1 Å². The Morgan fingerprint density at radius 1 is 1.53 bits per heavy atom. The lowest BCUT2D eigenvalue weighted by molar-refractivity contribution is -0.481. The van der Waals surface area contributed by atoms with Gasteiger partial charge in [0, 0.05) is 22.8 Å². The molecule has 0 radical (unpaired) electrons. The molecule has 0 saturated carbocycles. The van der Waals surface area contributed by atoms with Crippen molar-refractivity contribution in [2.24, 2.45) is 16.9 Å². The first kappa shape index (κ1) is 11.4. The standard InChI is InChI=1S/C11H13N3O3/c12-13-11-8(5-6-14(15)16)7-17-10-4-2-1-3-9(10)11/h1-4,8H,5-7,12H2/b13-11-. The Kier molecular flexibility index (Phi) is 3.22. The molecule has 2 rings (SSSR count). The van der Waals surface area contributed by atoms with E-state index in [2.05, 4.69) is 5.10 Å². The zero-order valence-electron chi connectivity index (χ0n) is 9.20. The Labute approximate surface area is 98.2 Å². The van der Waals surface area contributed by atoms with E-state index in [4.69, 9.17) is 10.6 Å². The van der Waals surface area contributed by atoms with Crippen LogP contribution >= 0.6 is 0 Å². The molecule has 0 bridgehead atoms. The monoisotopic (exact) mass is 235 g/mol. The van der Waals surface area contributed by atoms with Crippen molar-refractivity contribution in [1.29, 1.82) is 0 Å². The zero-order valence-corrected chi connectivity index (χ0v) is 9.20. The number of benzene rings is 1. The van der Waals surface area contributed by atoms with Gasteiger partial charge in [0.05, 0.1) is 12.3 Å². The van der Waals surface area contributed by atoms with Crippen LogP contribution in [0.1, 0.15) is 12.0 Å². The highest BCUT2D eigenvalue weighted by Gasteiger charge is 2.27. The fraction of sp³-hybridized carbons (Fsp3) is 0.364. The second-order valence-corrected chi connectivity index (χ2v) is 3.86. The Balaban J connectivity index is 2.21. The van der Waals surface area contributed by atoms with Gasteiger partial charge in [-0.05, 0) is 12.1 Å². The molecule has 1 aliphatic rings. The van der Waals surface area contributed by atoms with Gasteiger partial charge in [-0.1, -0.05) is 12.1 Å². The quantitative estimate of drug-likeness (QED) is 0.481. The largest absolute Gasteiger partial charge is 0.492 e. The molecule has 1 aromatic carbocycles. The SMILES string of the molecule is N/N=C1\c2ccccc2OCC1CC[N+](=O)[O-]. The van der Waals surface area contributed by atoms with Gasteiger partial charge in [0.1, 0.15) is 5.75 Å². The van der Waals surface area contributed by atoms with E-state index >= 15 is 0 Å². The summed E-state index contributed by atoms with van der Waals surface area (Å²) in [6, 6.07) is 7.43. The minimum absolute atomic E-state index is 0.102. The van der Waals surface area contributed by atoms with Crippen LogP contribution in [-0.4, -0.2) is 23.8 Å². The van der Waals surface area contributed by atoms with Crippen LogP contribution in [0.2, 0.25) is 0 Å². The maximum Gasteiger partial charge on any atom is 0.204 e. The van der Waals surface area contributed by atoms with Crippen molar-refractivity contribution in [3.8, 4) is 5.75 Å². The summed E-state index contributed by atoms with van der Waals surface area (Å²) < 4.78 is 5.54. The number of hydrazone groups is 1. The van der Waals surface area contributed by atoms with E-state index in [0.717, 1.165) is 11.3 Å². The van der Waals surface area contributed by atoms with Crippen LogP contribution in [0, 0.1) is 16.0 Å². The van der Waals surface area contributed by atoms with Gasteiger partial charge in [0.25, 0.3) is 0 Å². The van der Waals surface area contributed by atoms with Crippen molar-refractivity contribution < 1.29 is 9.66 Å². The molecular formula is C11H13N3O3. The van der Waals surface area contributed by atoms with E-state index < -0.39 is 0 Å². The summed E-state index contributed by atoms with van der Waals surface area (Å²) in [6.45, 7) is 0.288. The molecule has 0 aliphatic carbocycles. The lowest BCUT2D eigenvalue weighted by atomic mass is 9.91. The van der Waals surface area contributed by atoms with Crippen molar-refractivity contribution in [3.05, 3.63) is 39.9 Å². The van der Waals surface area contributed by atoms with Crippen molar-refractivity contribution in [3.63, 3.8) is 0 Å². The van der Waals surface area contributed by atoms with Gasteiger partial charge in [-0.2, -0.15) is 5.10 Å². The second-order valence-electron chi connectivity index (χ2n) is 3.86. The summed E-state index contributed by atoms with van der Waals surface area (Å²) in [4.78, 5) is 10.0. The molecule has 1 heterocycles. The second kappa shape index (κ2) is 4.82. The smallest absolute Gasteiger partial charge is 0.204 e. The third kappa shape index (κ3) is 2.35. The molecule has 90 valence electrons. The topological polar surface area (TPSA) is 90.8 Å². The summed E-state index contributed by atoms with van der Waals surface area (Å²) in [6.07, 6.45) is 0.386. The molecule has 17 heavy (non-hydrogen) atoms. The molecule has 0 spiro atoms. The molecule has 0 amide bonds. The van der Waals surface area contributed by atoms with Crippen molar-refractivity contribution >= 4 is 5.71 Å². The van der Waals surface area contributed by atoms with Gasteiger partial charge in [-0.3, -0.25) is 10.1 Å². The van der Waals surface area contributed by atoms with Gasteiger partial charge in [-0.15, -0.1) is 0 Å². The van der Waals surface area contributed by atoms with Gasteiger partial charge < -0.3 is 10.6 Å². The Hall–Kier alpha value is -2.11. The third-order valence-corrected chi connectivity index (χ3v) is 2.79. The molecule has 2 N–H and O–H groups in total. The summed E-state index contributed by atoms with van der Waals surface area (Å²) in [7, 11) is 0. The van der Waals surface area contributed by atoms with Crippen molar-refractivity contribution in [2.45, 2.75) is 6.42 Å². The van der Waals surface area contributed by atoms with Gasteiger partial charge in [0.2, 0.25) is 6.54 Å². The third-order valence-electron chi connectivity index (χ3n) is 2.79. The maximum absolute atomic E-state index is 10.4. The molecule has 1 atom stereocenters. The fourth-order valence-corrected chi connectivity index (χ4v) is 1.95. The van der Waals surface area contributed by atoms with Crippen LogP contribution in [0.25, 0.3) is 0 Å². The summed E-state index contributed by atoms with van der Waals surface area (Å²) in [5, 5.41) is 14.1. The van der Waals surface area contributed by atoms with Crippen LogP contribution in [0.4, 0.5) is 0 Å². The Morgan fingerprint density at radius 2 is 2.29 bits per heavy atom. The number of ether oxygens (including phenoxy) is 1. The van der Waals surface area contributed by atoms with E-state index in [1.807, 2.05) is 24.3 Å². The zero-order chi connectivity index (χ0) is 12.3. The number of hydrogen-bond donors (Lipinski definition) is 1. The summed E-state index contributed by atoms with van der Waals surface area (Å²) >= 11 is 0. The highest BCUT2D eigenvalue weighted by atomic mass is 16.6. The number of nitro groups is 1. The molecule has 6 heteroatoms. The molecule has 0 fully saturated rings. The number of para-hydroxylation sites is 1. The summed E-state index contributed by atoms with van der Waals surface area (Å²) in [5.74, 6) is 6.00. The van der Waals surface area contributed by atoms with E-state index in [-0.39, 0.29) is 17.4 Å². The first-order chi connectivity index (χ1) is 8.22. The minimum Gasteiger partial charge on any atom is -0.492 e. The number of hydrogen-bond acceptors (Lipinski definition) is 5. The van der Waals surface area contributed by atoms with Crippen molar-refractivity contribution in [2.75, 3.05) is 13.2 Å². The number of nitrogens with zero attached hydrogens (tertiary/aromatic N) is 2. The van der Waals surface area contributed by atoms with Gasteiger partial charge in [-0.25, -0.2) is 0 Å². The van der Waals surface area contributed by atoms with Crippen LogP contribution in [0.3, 0.4) is 0 Å². The van der Waals surface area contributed by atoms with Crippen LogP contribution < -0.4 is 10.6 Å². The average Bonchev–Trinajstić information content (AvgIpc) is 2.35. The van der Waals surface area contributed by atoms with Crippen LogP contribution in [0.5, 0.6) is 5.75 Å². The fourth-order valence-electron chi connectivity index (χ4n) is 1.95. The van der Waals surface area contributed by atoms with Crippen molar-refractivity contribution in [1.82, 2.24) is 0 Å². The molecule has 1 aromatic rings. The lowest BCUT2D eigenvalue weighted by Gasteiger charge is -2.25. The average molecular weight is 235 g/mol. The van der Waals surface area contributed by atoms with E-state index in [1.165, 1.54) is 0 Å². The normalized spacial score (nSPS) is 20.7. The minimum atomic E-state index is -0.339. The predicted octanol–water partition coefficient (Wildman–Crippen LogP) is 1.02. The van der Waals surface area contributed by atoms with Crippen LogP contribution in [-0.2, 0) is 0 Å². The van der Waals surface area contributed by atoms with Crippen LogP contribution in [0.15, 0.2) is 29.4 Å². The summed E-state index contributed by atoms with van der Waals surface area (Å²) in [5.41, 5.74) is 1.52. The molecule has 1 unspecified atom stereocenters. The number of fused-ring (bicyclic) bond motifs is 1. The molecule has 1 aliphatic heterocycles. The van der Waals surface area contributed by atoms with Gasteiger partial charge >= 0.3 is 0 Å².